The summed E-state index contributed by atoms with van der Waals surface area (Å²) < 4.78 is 5.12. The molecule has 8 heteroatoms. The molecule has 0 radical (unpaired) electrons. The zero-order valence-electron chi connectivity index (χ0n) is 13.4. The number of primary amides is 1. The average Bonchev–Trinajstić information content (AvgIpc) is 3.29. The van der Waals surface area contributed by atoms with Crippen molar-refractivity contribution in [3.63, 3.8) is 0 Å². The highest BCUT2D eigenvalue weighted by atomic mass is 16.5. The van der Waals surface area contributed by atoms with E-state index in [1.807, 2.05) is 12.1 Å². The molecule has 4 rings (SSSR count). The Labute approximate surface area is 143 Å². The largest absolute Gasteiger partial charge is 0.364 e. The number of aromatic nitrogens is 4. The molecule has 0 spiro atoms. The number of amides is 1. The van der Waals surface area contributed by atoms with E-state index in [2.05, 4.69) is 25.4 Å². The van der Waals surface area contributed by atoms with Gasteiger partial charge in [-0.15, -0.1) is 0 Å². The highest BCUT2D eigenvalue weighted by Crippen LogP contribution is 2.29. The van der Waals surface area contributed by atoms with Crippen molar-refractivity contribution in [3.05, 3.63) is 53.3 Å². The first kappa shape index (κ1) is 15.3. The maximum absolute atomic E-state index is 11.1. The summed E-state index contributed by atoms with van der Waals surface area (Å²) >= 11 is 0. The number of nitrogens with zero attached hydrogens (tertiary/aromatic N) is 4. The Hall–Kier alpha value is -3.29. The zero-order valence-corrected chi connectivity index (χ0v) is 13.4. The molecule has 0 aliphatic heterocycles. The molecule has 0 bridgehead atoms. The lowest BCUT2D eigenvalue weighted by Gasteiger charge is -2.11. The van der Waals surface area contributed by atoms with Crippen molar-refractivity contribution in [1.82, 2.24) is 20.1 Å². The molecule has 3 N–H and O–H groups in total. The lowest BCUT2D eigenvalue weighted by molar-refractivity contribution is 0.0991. The van der Waals surface area contributed by atoms with Gasteiger partial charge in [-0.05, 0) is 31.4 Å². The fraction of sp³-hybridized carbons (Fsp3) is 0.235. The number of anilines is 1. The molecule has 0 saturated heterocycles. The molecule has 3 aromatic heterocycles. The lowest BCUT2D eigenvalue weighted by Crippen LogP contribution is -2.11. The first-order valence-corrected chi connectivity index (χ1v) is 8.00. The van der Waals surface area contributed by atoms with Gasteiger partial charge >= 0.3 is 0 Å². The van der Waals surface area contributed by atoms with Gasteiger partial charge in [0.15, 0.2) is 17.3 Å². The molecule has 3 heterocycles. The Morgan fingerprint density at radius 1 is 1.32 bits per heavy atom. The first-order chi connectivity index (χ1) is 12.2. The van der Waals surface area contributed by atoms with E-state index in [-0.39, 0.29) is 5.69 Å². The Kier molecular flexibility index (Phi) is 3.85. The Balaban J connectivity index is 1.62. The summed E-state index contributed by atoms with van der Waals surface area (Å²) in [6.45, 7) is 0.357. The minimum atomic E-state index is -0.614. The van der Waals surface area contributed by atoms with E-state index in [1.54, 1.807) is 12.4 Å². The molecule has 0 fully saturated rings. The van der Waals surface area contributed by atoms with Crippen molar-refractivity contribution < 1.29 is 9.32 Å². The van der Waals surface area contributed by atoms with Gasteiger partial charge in [0, 0.05) is 35.3 Å². The number of rotatable bonds is 5. The van der Waals surface area contributed by atoms with Gasteiger partial charge in [-0.1, -0.05) is 5.16 Å². The van der Waals surface area contributed by atoms with Crippen LogP contribution in [0, 0.1) is 0 Å². The molecule has 8 nitrogen and oxygen atoms in total. The van der Waals surface area contributed by atoms with Gasteiger partial charge in [0.1, 0.15) is 5.82 Å². The number of aryl methyl sites for hydroxylation is 1. The topological polar surface area (TPSA) is 120 Å². The van der Waals surface area contributed by atoms with Gasteiger partial charge in [0.25, 0.3) is 5.91 Å². The number of nitrogens with one attached hydrogen (secondary N) is 1. The third-order valence-corrected chi connectivity index (χ3v) is 4.09. The van der Waals surface area contributed by atoms with E-state index < -0.39 is 5.91 Å². The zero-order chi connectivity index (χ0) is 17.2. The molecule has 25 heavy (non-hydrogen) atoms. The Morgan fingerprint density at radius 3 is 3.00 bits per heavy atom. The summed E-state index contributed by atoms with van der Waals surface area (Å²) in [6, 6.07) is 5.32. The lowest BCUT2D eigenvalue weighted by atomic mass is 10.2. The van der Waals surface area contributed by atoms with Crippen LogP contribution in [0.15, 0.2) is 35.1 Å². The van der Waals surface area contributed by atoms with Gasteiger partial charge in [0.05, 0.1) is 6.54 Å². The van der Waals surface area contributed by atoms with Gasteiger partial charge in [0.2, 0.25) is 0 Å². The van der Waals surface area contributed by atoms with Crippen LogP contribution in [0.4, 0.5) is 5.82 Å². The minimum absolute atomic E-state index is 0.112. The quantitative estimate of drug-likeness (QED) is 0.728. The van der Waals surface area contributed by atoms with Crippen LogP contribution in [0.3, 0.4) is 0 Å². The number of hydrogen-bond acceptors (Lipinski definition) is 7. The molecule has 0 unspecified atom stereocenters. The Morgan fingerprint density at radius 2 is 2.24 bits per heavy atom. The summed E-state index contributed by atoms with van der Waals surface area (Å²) in [7, 11) is 0. The fourth-order valence-corrected chi connectivity index (χ4v) is 2.89. The number of pyridine rings is 1. The third kappa shape index (κ3) is 3.06. The van der Waals surface area contributed by atoms with Crippen molar-refractivity contribution >= 4 is 11.7 Å². The number of fused-ring (bicyclic) bond motifs is 1. The highest BCUT2D eigenvalue weighted by molar-refractivity contribution is 5.90. The third-order valence-electron chi connectivity index (χ3n) is 4.09. The second-order valence-corrected chi connectivity index (χ2v) is 5.81. The normalized spacial score (nSPS) is 12.8. The molecule has 0 saturated carbocycles. The minimum Gasteiger partial charge on any atom is -0.364 e. The summed E-state index contributed by atoms with van der Waals surface area (Å²) in [5, 5.41) is 6.90. The second-order valence-electron chi connectivity index (χ2n) is 5.81. The van der Waals surface area contributed by atoms with Crippen LogP contribution >= 0.6 is 0 Å². The van der Waals surface area contributed by atoms with Crippen LogP contribution in [0.2, 0.25) is 0 Å². The van der Waals surface area contributed by atoms with E-state index in [1.165, 1.54) is 6.07 Å². The highest BCUT2D eigenvalue weighted by Gasteiger charge is 2.20. The molecule has 3 aromatic rings. The molecule has 1 aliphatic rings. The fourth-order valence-electron chi connectivity index (χ4n) is 2.89. The molecule has 0 aromatic carbocycles. The molecule has 1 amide bonds. The van der Waals surface area contributed by atoms with Crippen LogP contribution in [0.25, 0.3) is 11.4 Å². The van der Waals surface area contributed by atoms with E-state index in [0.29, 0.717) is 18.1 Å². The van der Waals surface area contributed by atoms with Crippen molar-refractivity contribution in [2.75, 3.05) is 5.32 Å². The smallest absolute Gasteiger partial charge is 0.270 e. The average molecular weight is 336 g/mol. The maximum Gasteiger partial charge on any atom is 0.270 e. The van der Waals surface area contributed by atoms with Crippen molar-refractivity contribution in [2.24, 2.45) is 5.73 Å². The molecular weight excluding hydrogens is 320 g/mol. The van der Waals surface area contributed by atoms with Crippen LogP contribution in [0.1, 0.15) is 33.9 Å². The van der Waals surface area contributed by atoms with E-state index in [4.69, 9.17) is 10.3 Å². The van der Waals surface area contributed by atoms with Crippen LogP contribution < -0.4 is 11.1 Å². The van der Waals surface area contributed by atoms with Crippen LogP contribution in [0.5, 0.6) is 0 Å². The predicted molar refractivity (Wildman–Crippen MR) is 89.6 cm³/mol. The van der Waals surface area contributed by atoms with E-state index >= 15 is 0 Å². The molecule has 0 atom stereocenters. The van der Waals surface area contributed by atoms with Gasteiger partial charge < -0.3 is 15.6 Å². The van der Waals surface area contributed by atoms with Crippen molar-refractivity contribution in [3.8, 4) is 11.4 Å². The summed E-state index contributed by atoms with van der Waals surface area (Å²) in [5.41, 5.74) is 8.36. The summed E-state index contributed by atoms with van der Waals surface area (Å²) in [5.74, 6) is 1.32. The van der Waals surface area contributed by atoms with Gasteiger partial charge in [-0.25, -0.2) is 9.97 Å². The number of hydrogen-bond donors (Lipinski definition) is 2. The first-order valence-electron chi connectivity index (χ1n) is 8.00. The number of nitrogens with two attached hydrogens (primary N) is 1. The molecule has 1 aliphatic carbocycles. The Bertz CT molecular complexity index is 922. The maximum atomic E-state index is 11.1. The van der Waals surface area contributed by atoms with Gasteiger partial charge in [-0.2, -0.15) is 0 Å². The monoisotopic (exact) mass is 336 g/mol. The molecular formula is C17H16N6O2. The summed E-state index contributed by atoms with van der Waals surface area (Å²) in [4.78, 5) is 24.6. The standard InChI is InChI=1S/C17H16N6O2/c18-15(24)14-7-11(25-23-14)9-20-17-12-4-1-5-13(12)21-16(22-17)10-3-2-6-19-8-10/h2-3,6-8H,1,4-5,9H2,(H2,18,24)(H,20,21,22). The second kappa shape index (κ2) is 6.31. The van der Waals surface area contributed by atoms with E-state index in [0.717, 1.165) is 41.9 Å². The molecule has 126 valence electrons. The van der Waals surface area contributed by atoms with Crippen LogP contribution in [-0.4, -0.2) is 26.0 Å². The predicted octanol–water partition coefficient (Wildman–Crippen LogP) is 1.73. The van der Waals surface area contributed by atoms with Crippen molar-refractivity contribution in [1.29, 1.82) is 0 Å². The van der Waals surface area contributed by atoms with Crippen LogP contribution in [-0.2, 0) is 19.4 Å². The van der Waals surface area contributed by atoms with Crippen molar-refractivity contribution in [2.45, 2.75) is 25.8 Å². The number of carbonyl (C=O) groups is 1. The van der Waals surface area contributed by atoms with E-state index in [9.17, 15) is 4.79 Å². The van der Waals surface area contributed by atoms with Gasteiger partial charge in [-0.3, -0.25) is 9.78 Å². The SMILES string of the molecule is NC(=O)c1cc(CNc2nc(-c3cccnc3)nc3c2CCC3)on1. The summed E-state index contributed by atoms with van der Waals surface area (Å²) in [6.07, 6.45) is 6.40. The number of carbonyl (C=O) groups excluding carboxylic acids is 1.